The summed E-state index contributed by atoms with van der Waals surface area (Å²) < 4.78 is 5.27. The first-order valence-electron chi connectivity index (χ1n) is 8.66. The number of aromatic nitrogens is 1. The Morgan fingerprint density at radius 2 is 2.04 bits per heavy atom. The quantitative estimate of drug-likeness (QED) is 0.657. The van der Waals surface area contributed by atoms with Gasteiger partial charge in [0.15, 0.2) is 5.13 Å². The molecule has 3 aromatic rings. The highest BCUT2D eigenvalue weighted by atomic mass is 32.1. The summed E-state index contributed by atoms with van der Waals surface area (Å²) in [6.07, 6.45) is 3.93. The predicted octanol–water partition coefficient (Wildman–Crippen LogP) is 4.66. The number of aromatic carboxylic acids is 1. The number of ether oxygens (including phenoxy) is 1. The van der Waals surface area contributed by atoms with E-state index in [1.165, 1.54) is 46.7 Å². The lowest BCUT2D eigenvalue weighted by Gasteiger charge is -2.24. The zero-order valence-electron chi connectivity index (χ0n) is 14.5. The Bertz CT molecular complexity index is 949. The molecule has 0 spiro atoms. The summed E-state index contributed by atoms with van der Waals surface area (Å²) in [6.45, 7) is 1.14. The Balaban J connectivity index is 1.82. The van der Waals surface area contributed by atoms with Crippen LogP contribution in [0.5, 0.6) is 0 Å². The largest absolute Gasteiger partial charge is 0.477 e. The van der Waals surface area contributed by atoms with E-state index in [1.807, 2.05) is 6.07 Å². The van der Waals surface area contributed by atoms with Gasteiger partial charge in [-0.3, -0.25) is 0 Å². The Morgan fingerprint density at radius 3 is 2.69 bits per heavy atom. The minimum absolute atomic E-state index is 0.237. The normalized spacial score (nSPS) is 13.9. The average Bonchev–Trinajstić information content (AvgIpc) is 3.38. The van der Waals surface area contributed by atoms with Crippen molar-refractivity contribution in [3.63, 3.8) is 0 Å². The maximum Gasteiger partial charge on any atom is 0.347 e. The molecule has 1 aliphatic carbocycles. The lowest BCUT2D eigenvalue weighted by atomic mass is 9.99. The van der Waals surface area contributed by atoms with Crippen LogP contribution in [-0.2, 0) is 4.74 Å². The van der Waals surface area contributed by atoms with Crippen molar-refractivity contribution in [3.8, 4) is 0 Å². The SMILES string of the molecule is COCCN(c1ncc(C(=O)O)s1)c1ccc(C2CC2)c2ccccc12. The predicted molar refractivity (Wildman–Crippen MR) is 104 cm³/mol. The number of fused-ring (bicyclic) bond motifs is 1. The summed E-state index contributed by atoms with van der Waals surface area (Å²) in [5, 5.41) is 12.3. The van der Waals surface area contributed by atoms with Crippen molar-refractivity contribution in [1.82, 2.24) is 4.98 Å². The molecular formula is C20H20N2O3S. The van der Waals surface area contributed by atoms with Crippen molar-refractivity contribution in [2.45, 2.75) is 18.8 Å². The summed E-state index contributed by atoms with van der Waals surface area (Å²) in [5.74, 6) is -0.283. The van der Waals surface area contributed by atoms with E-state index in [4.69, 9.17) is 4.74 Å². The summed E-state index contributed by atoms with van der Waals surface area (Å²) in [7, 11) is 1.66. The Labute approximate surface area is 155 Å². The van der Waals surface area contributed by atoms with Gasteiger partial charge in [-0.15, -0.1) is 0 Å². The van der Waals surface area contributed by atoms with Gasteiger partial charge in [-0.05, 0) is 35.8 Å². The van der Waals surface area contributed by atoms with Gasteiger partial charge in [0.05, 0.1) is 18.5 Å². The van der Waals surface area contributed by atoms with Crippen molar-refractivity contribution < 1.29 is 14.6 Å². The molecule has 0 unspecified atom stereocenters. The monoisotopic (exact) mass is 368 g/mol. The van der Waals surface area contributed by atoms with Crippen LogP contribution < -0.4 is 4.90 Å². The van der Waals surface area contributed by atoms with Gasteiger partial charge in [-0.1, -0.05) is 41.7 Å². The highest BCUT2D eigenvalue weighted by molar-refractivity contribution is 7.17. The Kier molecular flexibility index (Phi) is 4.61. The van der Waals surface area contributed by atoms with Crippen LogP contribution in [-0.4, -0.2) is 36.3 Å². The Hall–Kier alpha value is -2.44. The number of carboxylic acids is 1. The number of nitrogens with zero attached hydrogens (tertiary/aromatic N) is 2. The van der Waals surface area contributed by atoms with Gasteiger partial charge in [0, 0.05) is 19.0 Å². The van der Waals surface area contributed by atoms with Gasteiger partial charge in [0.25, 0.3) is 0 Å². The average molecular weight is 368 g/mol. The van der Waals surface area contributed by atoms with Gasteiger partial charge in [0.2, 0.25) is 0 Å². The third kappa shape index (κ3) is 3.18. The molecule has 2 aromatic carbocycles. The van der Waals surface area contributed by atoms with E-state index in [9.17, 15) is 9.90 Å². The minimum Gasteiger partial charge on any atom is -0.477 e. The van der Waals surface area contributed by atoms with Crippen LogP contribution in [0.15, 0.2) is 42.6 Å². The molecule has 1 aromatic heterocycles. The highest BCUT2D eigenvalue weighted by Gasteiger charge is 2.26. The molecule has 0 atom stereocenters. The summed E-state index contributed by atoms with van der Waals surface area (Å²) in [5.41, 5.74) is 2.44. The van der Waals surface area contributed by atoms with Crippen molar-refractivity contribution >= 4 is 38.9 Å². The molecular weight excluding hydrogens is 348 g/mol. The molecule has 1 fully saturated rings. The molecule has 1 saturated carbocycles. The first kappa shape index (κ1) is 17.0. The van der Waals surface area contributed by atoms with Crippen LogP contribution >= 0.6 is 11.3 Å². The Morgan fingerprint density at radius 1 is 1.27 bits per heavy atom. The topological polar surface area (TPSA) is 62.7 Å². The van der Waals surface area contributed by atoms with Crippen molar-refractivity contribution in [2.24, 2.45) is 0 Å². The maximum atomic E-state index is 11.3. The lowest BCUT2D eigenvalue weighted by Crippen LogP contribution is -2.22. The minimum atomic E-state index is -0.950. The van der Waals surface area contributed by atoms with Crippen LogP contribution in [0.4, 0.5) is 10.8 Å². The standard InChI is InChI=1S/C20H20N2O3S/c1-25-11-10-22(20-21-12-18(26-20)19(23)24)17-9-8-14(13-6-7-13)15-4-2-3-5-16(15)17/h2-5,8-9,12-13H,6-7,10-11H2,1H3,(H,23,24). The highest BCUT2D eigenvalue weighted by Crippen LogP contribution is 2.45. The maximum absolute atomic E-state index is 11.3. The molecule has 0 bridgehead atoms. The van der Waals surface area contributed by atoms with Crippen LogP contribution in [0.3, 0.4) is 0 Å². The second-order valence-corrected chi connectivity index (χ2v) is 7.46. The first-order valence-corrected chi connectivity index (χ1v) is 9.48. The lowest BCUT2D eigenvalue weighted by molar-refractivity contribution is 0.0702. The summed E-state index contributed by atoms with van der Waals surface area (Å²) >= 11 is 1.19. The molecule has 0 radical (unpaired) electrons. The number of benzene rings is 2. The van der Waals surface area contributed by atoms with Gasteiger partial charge < -0.3 is 14.7 Å². The number of methoxy groups -OCH3 is 1. The molecule has 0 aliphatic heterocycles. The van der Waals surface area contributed by atoms with Crippen molar-refractivity contribution in [3.05, 3.63) is 53.0 Å². The van der Waals surface area contributed by atoms with E-state index in [0.29, 0.717) is 24.2 Å². The number of thiazole rings is 1. The van der Waals surface area contributed by atoms with E-state index >= 15 is 0 Å². The molecule has 0 saturated heterocycles. The summed E-state index contributed by atoms with van der Waals surface area (Å²) in [6, 6.07) is 12.8. The van der Waals surface area contributed by atoms with Gasteiger partial charge in [-0.25, -0.2) is 9.78 Å². The van der Waals surface area contributed by atoms with E-state index in [1.54, 1.807) is 7.11 Å². The van der Waals surface area contributed by atoms with Gasteiger partial charge in [0.1, 0.15) is 4.88 Å². The number of anilines is 2. The fourth-order valence-electron chi connectivity index (χ4n) is 3.28. The fourth-order valence-corrected chi connectivity index (χ4v) is 4.08. The first-order chi connectivity index (χ1) is 12.7. The smallest absolute Gasteiger partial charge is 0.347 e. The van der Waals surface area contributed by atoms with Crippen LogP contribution in [0.1, 0.15) is 34.0 Å². The molecule has 1 N–H and O–H groups in total. The van der Waals surface area contributed by atoms with Crippen LogP contribution in [0.25, 0.3) is 10.8 Å². The molecule has 1 aliphatic rings. The van der Waals surface area contributed by atoms with E-state index in [-0.39, 0.29) is 4.88 Å². The van der Waals surface area contributed by atoms with E-state index < -0.39 is 5.97 Å². The molecule has 5 nitrogen and oxygen atoms in total. The molecule has 6 heteroatoms. The van der Waals surface area contributed by atoms with Gasteiger partial charge >= 0.3 is 5.97 Å². The second-order valence-electron chi connectivity index (χ2n) is 6.45. The fraction of sp³-hybridized carbons (Fsp3) is 0.300. The second kappa shape index (κ2) is 7.05. The third-order valence-electron chi connectivity index (χ3n) is 4.70. The van der Waals surface area contributed by atoms with Crippen LogP contribution in [0, 0.1) is 0 Å². The molecule has 134 valence electrons. The van der Waals surface area contributed by atoms with Gasteiger partial charge in [-0.2, -0.15) is 0 Å². The van der Waals surface area contributed by atoms with E-state index in [2.05, 4.69) is 40.2 Å². The zero-order chi connectivity index (χ0) is 18.1. The number of hydrogen-bond acceptors (Lipinski definition) is 5. The molecule has 0 amide bonds. The van der Waals surface area contributed by atoms with Crippen molar-refractivity contribution in [2.75, 3.05) is 25.2 Å². The van der Waals surface area contributed by atoms with Crippen LogP contribution in [0.2, 0.25) is 0 Å². The van der Waals surface area contributed by atoms with Crippen molar-refractivity contribution in [1.29, 1.82) is 0 Å². The number of carbonyl (C=O) groups is 1. The number of rotatable bonds is 7. The third-order valence-corrected chi connectivity index (χ3v) is 5.71. The summed E-state index contributed by atoms with van der Waals surface area (Å²) in [4.78, 5) is 17.9. The molecule has 26 heavy (non-hydrogen) atoms. The van der Waals surface area contributed by atoms with E-state index in [0.717, 1.165) is 5.69 Å². The zero-order valence-corrected chi connectivity index (χ0v) is 15.3. The molecule has 4 rings (SSSR count). The number of hydrogen-bond donors (Lipinski definition) is 1. The number of carboxylic acid groups (broad SMARTS) is 1. The molecule has 1 heterocycles.